The molecule has 0 saturated carbocycles. The Bertz CT molecular complexity index is 455. The Kier molecular flexibility index (Phi) is 4.91. The molecule has 3 nitrogen and oxygen atoms in total. The van der Waals surface area contributed by atoms with Crippen molar-refractivity contribution in [2.75, 3.05) is 0 Å². The fourth-order valence-electron chi connectivity index (χ4n) is 1.75. The number of nitriles is 1. The third-order valence-corrected chi connectivity index (χ3v) is 7.69. The van der Waals surface area contributed by atoms with E-state index >= 15 is 0 Å². The summed E-state index contributed by atoms with van der Waals surface area (Å²) in [7, 11) is -2.22. The van der Waals surface area contributed by atoms with Crippen LogP contribution in [-0.2, 0) is 0 Å². The van der Waals surface area contributed by atoms with Crippen molar-refractivity contribution in [3.63, 3.8) is 0 Å². The molecular weight excluding hydrogens is 254 g/mol. The highest BCUT2D eigenvalue weighted by molar-refractivity contribution is 6.72. The monoisotopic (exact) mass is 277 g/mol. The summed E-state index contributed by atoms with van der Waals surface area (Å²) in [6.45, 7) is 7.98. The van der Waals surface area contributed by atoms with E-state index in [-0.39, 0.29) is 5.04 Å². The Morgan fingerprint density at radius 3 is 2.21 bits per heavy atom. The molecular formula is C15H23NO2Si. The number of rotatable bonds is 5. The van der Waals surface area contributed by atoms with Gasteiger partial charge in [0.25, 0.3) is 0 Å². The number of nitrogens with zero attached hydrogens (tertiary/aromatic N) is 1. The molecule has 0 aliphatic heterocycles. The van der Waals surface area contributed by atoms with Gasteiger partial charge in [0.15, 0.2) is 8.32 Å². The van der Waals surface area contributed by atoms with Crippen molar-refractivity contribution in [3.8, 4) is 6.07 Å². The Morgan fingerprint density at radius 2 is 1.79 bits per heavy atom. The van der Waals surface area contributed by atoms with Gasteiger partial charge in [-0.15, -0.1) is 0 Å². The van der Waals surface area contributed by atoms with Crippen molar-refractivity contribution in [2.24, 2.45) is 0 Å². The molecule has 1 rings (SSSR count). The van der Waals surface area contributed by atoms with Gasteiger partial charge in [-0.2, -0.15) is 5.26 Å². The summed E-state index contributed by atoms with van der Waals surface area (Å²) < 4.78 is 0. The Labute approximate surface area is 116 Å². The Hall–Kier alpha value is -1.15. The Morgan fingerprint density at radius 1 is 1.26 bits per heavy atom. The molecule has 0 saturated heterocycles. The van der Waals surface area contributed by atoms with Gasteiger partial charge < -0.3 is 9.90 Å². The van der Waals surface area contributed by atoms with Crippen LogP contribution in [0.25, 0.3) is 0 Å². The van der Waals surface area contributed by atoms with Crippen molar-refractivity contribution in [1.82, 2.24) is 0 Å². The molecule has 1 aromatic rings. The van der Waals surface area contributed by atoms with Gasteiger partial charge >= 0.3 is 0 Å². The number of benzene rings is 1. The Balaban J connectivity index is 2.65. The van der Waals surface area contributed by atoms with E-state index in [0.29, 0.717) is 12.0 Å². The quantitative estimate of drug-likeness (QED) is 0.811. The highest BCUT2D eigenvalue weighted by Crippen LogP contribution is 2.41. The van der Waals surface area contributed by atoms with E-state index in [1.165, 1.54) is 0 Å². The second-order valence-corrected chi connectivity index (χ2v) is 10.7. The summed E-state index contributed by atoms with van der Waals surface area (Å²) in [6, 6.07) is 9.07. The molecule has 19 heavy (non-hydrogen) atoms. The van der Waals surface area contributed by atoms with Crippen molar-refractivity contribution in [2.45, 2.75) is 50.9 Å². The second kappa shape index (κ2) is 5.87. The first kappa shape index (κ1) is 15.9. The average molecular weight is 277 g/mol. The maximum atomic E-state index is 10.2. The molecule has 0 unspecified atom stereocenters. The van der Waals surface area contributed by atoms with Gasteiger partial charge in [-0.25, -0.2) is 0 Å². The van der Waals surface area contributed by atoms with Crippen molar-refractivity contribution < 1.29 is 9.90 Å². The third-order valence-electron chi connectivity index (χ3n) is 4.12. The topological polar surface area (TPSA) is 64.2 Å². The van der Waals surface area contributed by atoms with Crippen LogP contribution in [0.4, 0.5) is 0 Å². The SMILES string of the molecule is CC(C)(CC[C@H](O)c1ccc(C#N)cc1)[Si](C)(C)O. The van der Waals surface area contributed by atoms with Crippen molar-refractivity contribution in [1.29, 1.82) is 5.26 Å². The molecule has 0 fully saturated rings. The molecule has 0 amide bonds. The summed E-state index contributed by atoms with van der Waals surface area (Å²) in [5, 5.41) is 18.8. The van der Waals surface area contributed by atoms with Gasteiger partial charge in [-0.05, 0) is 48.7 Å². The van der Waals surface area contributed by atoms with E-state index in [1.54, 1.807) is 24.3 Å². The maximum Gasteiger partial charge on any atom is 0.188 e. The first-order valence-corrected chi connectivity index (χ1v) is 9.52. The highest BCUT2D eigenvalue weighted by Gasteiger charge is 2.37. The fourth-order valence-corrected chi connectivity index (χ4v) is 2.51. The number of aliphatic hydroxyl groups is 1. The predicted octanol–water partition coefficient (Wildman–Crippen LogP) is 3.35. The lowest BCUT2D eigenvalue weighted by molar-refractivity contribution is 0.158. The fraction of sp³-hybridized carbons (Fsp3) is 0.533. The van der Waals surface area contributed by atoms with E-state index in [2.05, 4.69) is 19.9 Å². The zero-order valence-electron chi connectivity index (χ0n) is 12.1. The van der Waals surface area contributed by atoms with Crippen LogP contribution in [0, 0.1) is 11.3 Å². The largest absolute Gasteiger partial charge is 0.432 e. The minimum atomic E-state index is -2.22. The normalized spacial score (nSPS) is 13.9. The van der Waals surface area contributed by atoms with Crippen molar-refractivity contribution >= 4 is 8.32 Å². The number of aliphatic hydroxyl groups excluding tert-OH is 1. The zero-order chi connectivity index (χ0) is 14.7. The molecule has 0 spiro atoms. The van der Waals surface area contributed by atoms with Gasteiger partial charge in [0, 0.05) is 0 Å². The first-order valence-electron chi connectivity index (χ1n) is 6.58. The van der Waals surface area contributed by atoms with Crippen molar-refractivity contribution in [3.05, 3.63) is 35.4 Å². The molecule has 4 heteroatoms. The highest BCUT2D eigenvalue weighted by atomic mass is 28.4. The average Bonchev–Trinajstić information content (AvgIpc) is 2.35. The lowest BCUT2D eigenvalue weighted by atomic mass is 9.98. The summed E-state index contributed by atoms with van der Waals surface area (Å²) in [4.78, 5) is 10.2. The molecule has 2 N–H and O–H groups in total. The van der Waals surface area contributed by atoms with Gasteiger partial charge in [0.1, 0.15) is 0 Å². The van der Waals surface area contributed by atoms with Crippen LogP contribution in [0.15, 0.2) is 24.3 Å². The molecule has 0 aliphatic carbocycles. The minimum Gasteiger partial charge on any atom is -0.432 e. The van der Waals surface area contributed by atoms with Crippen LogP contribution in [-0.4, -0.2) is 18.2 Å². The van der Waals surface area contributed by atoms with Crippen LogP contribution >= 0.6 is 0 Å². The predicted molar refractivity (Wildman–Crippen MR) is 79.1 cm³/mol. The van der Waals surface area contributed by atoms with E-state index in [1.807, 2.05) is 13.1 Å². The second-order valence-electron chi connectivity index (χ2n) is 6.23. The van der Waals surface area contributed by atoms with Gasteiger partial charge in [-0.1, -0.05) is 26.0 Å². The van der Waals surface area contributed by atoms with E-state index < -0.39 is 14.4 Å². The smallest absolute Gasteiger partial charge is 0.188 e. The standard InChI is InChI=1S/C15H23NO2Si/c1-15(2,19(3,4)18)10-9-14(17)13-7-5-12(11-16)6-8-13/h5-8,14,17-18H,9-10H2,1-4H3/t14-/m0/s1. The molecule has 0 aliphatic rings. The van der Waals surface area contributed by atoms with Crippen LogP contribution in [0.5, 0.6) is 0 Å². The summed E-state index contributed by atoms with van der Waals surface area (Å²) >= 11 is 0. The molecule has 0 heterocycles. The molecule has 1 aromatic carbocycles. The van der Waals surface area contributed by atoms with E-state index in [0.717, 1.165) is 12.0 Å². The summed E-state index contributed by atoms with van der Waals surface area (Å²) in [5.74, 6) is 0. The van der Waals surface area contributed by atoms with Gasteiger partial charge in [0.05, 0.1) is 17.7 Å². The molecule has 0 radical (unpaired) electrons. The molecule has 1 atom stereocenters. The van der Waals surface area contributed by atoms with Crippen LogP contribution in [0.3, 0.4) is 0 Å². The van der Waals surface area contributed by atoms with E-state index in [9.17, 15) is 9.90 Å². The van der Waals surface area contributed by atoms with Crippen LogP contribution in [0.1, 0.15) is 43.9 Å². The number of hydrogen-bond donors (Lipinski definition) is 2. The van der Waals surface area contributed by atoms with Gasteiger partial charge in [-0.3, -0.25) is 0 Å². The van der Waals surface area contributed by atoms with Crippen LogP contribution < -0.4 is 0 Å². The lowest BCUT2D eigenvalue weighted by Gasteiger charge is -2.35. The summed E-state index contributed by atoms with van der Waals surface area (Å²) in [5.41, 5.74) is 1.42. The molecule has 104 valence electrons. The van der Waals surface area contributed by atoms with E-state index in [4.69, 9.17) is 5.26 Å². The first-order chi connectivity index (χ1) is 8.67. The third kappa shape index (κ3) is 4.17. The zero-order valence-corrected chi connectivity index (χ0v) is 13.1. The van der Waals surface area contributed by atoms with Gasteiger partial charge in [0.2, 0.25) is 0 Å². The maximum absolute atomic E-state index is 10.2. The van der Waals surface area contributed by atoms with Crippen LogP contribution in [0.2, 0.25) is 18.1 Å². The molecule has 0 bridgehead atoms. The number of hydrogen-bond acceptors (Lipinski definition) is 3. The minimum absolute atomic E-state index is 0.124. The lowest BCUT2D eigenvalue weighted by Crippen LogP contribution is -2.39. The molecule has 0 aromatic heterocycles. The summed E-state index contributed by atoms with van der Waals surface area (Å²) in [6.07, 6.45) is 0.864.